The Hall–Kier alpha value is -0.540. The number of hydrogen-bond donors (Lipinski definition) is 0. The average molecular weight is 233 g/mol. The molecule has 0 unspecified atom stereocenters. The molecule has 0 aliphatic heterocycles. The van der Waals surface area contributed by atoms with Crippen LogP contribution in [0.3, 0.4) is 0 Å². The third kappa shape index (κ3) is 2.28. The highest BCUT2D eigenvalue weighted by atomic mass is 35.5. The Labute approximate surface area is 92.8 Å². The SMILES string of the molecule is CCOC(=O)C(C)(C)c1ccc(Cl)s1. The molecule has 1 heterocycles. The number of carbonyl (C=O) groups is 1. The van der Waals surface area contributed by atoms with E-state index in [1.54, 1.807) is 13.0 Å². The van der Waals surface area contributed by atoms with Gasteiger partial charge in [-0.15, -0.1) is 11.3 Å². The monoisotopic (exact) mass is 232 g/mol. The van der Waals surface area contributed by atoms with E-state index in [1.165, 1.54) is 11.3 Å². The highest BCUT2D eigenvalue weighted by molar-refractivity contribution is 7.16. The lowest BCUT2D eigenvalue weighted by Gasteiger charge is -2.20. The molecule has 1 aromatic heterocycles. The number of ether oxygens (including phenoxy) is 1. The Kier molecular flexibility index (Phi) is 3.56. The summed E-state index contributed by atoms with van der Waals surface area (Å²) in [5.41, 5.74) is -0.603. The van der Waals surface area contributed by atoms with Gasteiger partial charge in [0.15, 0.2) is 0 Å². The Morgan fingerprint density at radius 2 is 2.21 bits per heavy atom. The number of carbonyl (C=O) groups excluding carboxylic acids is 1. The fourth-order valence-corrected chi connectivity index (χ4v) is 2.20. The zero-order chi connectivity index (χ0) is 10.8. The second kappa shape index (κ2) is 4.32. The van der Waals surface area contributed by atoms with Crippen molar-refractivity contribution in [3.63, 3.8) is 0 Å². The molecule has 0 amide bonds. The van der Waals surface area contributed by atoms with Gasteiger partial charge in [-0.1, -0.05) is 11.6 Å². The quantitative estimate of drug-likeness (QED) is 0.748. The standard InChI is InChI=1S/C10H13ClO2S/c1-4-13-9(12)10(2,3)7-5-6-8(11)14-7/h5-6H,4H2,1-3H3. The van der Waals surface area contributed by atoms with Gasteiger partial charge in [0.05, 0.1) is 16.4 Å². The zero-order valence-electron chi connectivity index (χ0n) is 8.46. The molecule has 0 bridgehead atoms. The van der Waals surface area contributed by atoms with Gasteiger partial charge in [-0.25, -0.2) is 0 Å². The summed E-state index contributed by atoms with van der Waals surface area (Å²) in [6, 6.07) is 3.66. The molecule has 0 aliphatic rings. The third-order valence-corrected chi connectivity index (χ3v) is 3.53. The van der Waals surface area contributed by atoms with E-state index in [2.05, 4.69) is 0 Å². The van der Waals surface area contributed by atoms with Gasteiger partial charge < -0.3 is 4.74 Å². The molecule has 0 fully saturated rings. The molecule has 1 aromatic rings. The van der Waals surface area contributed by atoms with Crippen molar-refractivity contribution in [3.8, 4) is 0 Å². The Bertz CT molecular complexity index is 331. The minimum absolute atomic E-state index is 0.210. The third-order valence-electron chi connectivity index (χ3n) is 1.97. The Morgan fingerprint density at radius 3 is 2.64 bits per heavy atom. The summed E-state index contributed by atoms with van der Waals surface area (Å²) in [5.74, 6) is -0.210. The van der Waals surface area contributed by atoms with E-state index >= 15 is 0 Å². The topological polar surface area (TPSA) is 26.3 Å². The van der Waals surface area contributed by atoms with Gasteiger partial charge in [0.2, 0.25) is 0 Å². The molecular formula is C10H13ClO2S. The summed E-state index contributed by atoms with van der Waals surface area (Å²) in [5, 5.41) is 0. The van der Waals surface area contributed by atoms with E-state index in [0.717, 1.165) is 4.88 Å². The van der Waals surface area contributed by atoms with Crippen molar-refractivity contribution < 1.29 is 9.53 Å². The molecule has 2 nitrogen and oxygen atoms in total. The van der Waals surface area contributed by atoms with Gasteiger partial charge in [0.25, 0.3) is 0 Å². The van der Waals surface area contributed by atoms with Crippen LogP contribution < -0.4 is 0 Å². The van der Waals surface area contributed by atoms with Crippen LogP contribution >= 0.6 is 22.9 Å². The van der Waals surface area contributed by atoms with E-state index < -0.39 is 5.41 Å². The summed E-state index contributed by atoms with van der Waals surface area (Å²) < 4.78 is 5.69. The molecule has 0 N–H and O–H groups in total. The van der Waals surface area contributed by atoms with Crippen LogP contribution in [0.5, 0.6) is 0 Å². The second-order valence-corrected chi connectivity index (χ2v) is 5.16. The minimum atomic E-state index is -0.603. The van der Waals surface area contributed by atoms with Gasteiger partial charge in [-0.3, -0.25) is 4.79 Å². The minimum Gasteiger partial charge on any atom is -0.465 e. The van der Waals surface area contributed by atoms with E-state index in [0.29, 0.717) is 10.9 Å². The number of rotatable bonds is 3. The fraction of sp³-hybridized carbons (Fsp3) is 0.500. The van der Waals surface area contributed by atoms with Crippen LogP contribution in [0.1, 0.15) is 25.6 Å². The summed E-state index contributed by atoms with van der Waals surface area (Å²) in [7, 11) is 0. The van der Waals surface area contributed by atoms with Crippen molar-refractivity contribution in [2.24, 2.45) is 0 Å². The maximum absolute atomic E-state index is 11.6. The molecular weight excluding hydrogens is 220 g/mol. The summed E-state index contributed by atoms with van der Waals surface area (Å²) in [6.07, 6.45) is 0. The average Bonchev–Trinajstić information content (AvgIpc) is 2.52. The van der Waals surface area contributed by atoms with Crippen LogP contribution in [-0.2, 0) is 14.9 Å². The van der Waals surface area contributed by atoms with Gasteiger partial charge in [0, 0.05) is 4.88 Å². The maximum atomic E-state index is 11.6. The maximum Gasteiger partial charge on any atom is 0.316 e. The fourth-order valence-electron chi connectivity index (χ4n) is 1.06. The molecule has 1 rings (SSSR count). The molecule has 0 spiro atoms. The van der Waals surface area contributed by atoms with E-state index in [-0.39, 0.29) is 5.97 Å². The highest BCUT2D eigenvalue weighted by Gasteiger charge is 2.32. The van der Waals surface area contributed by atoms with Crippen molar-refractivity contribution in [1.82, 2.24) is 0 Å². The van der Waals surface area contributed by atoms with Gasteiger partial charge in [-0.2, -0.15) is 0 Å². The highest BCUT2D eigenvalue weighted by Crippen LogP contribution is 2.33. The first-order valence-corrected chi connectivity index (χ1v) is 5.61. The number of halogens is 1. The summed E-state index contributed by atoms with van der Waals surface area (Å²) >= 11 is 7.23. The lowest BCUT2D eigenvalue weighted by Crippen LogP contribution is -2.30. The van der Waals surface area contributed by atoms with Gasteiger partial charge in [-0.05, 0) is 32.9 Å². The smallest absolute Gasteiger partial charge is 0.316 e. The Balaban J connectivity index is 2.89. The first-order valence-electron chi connectivity index (χ1n) is 4.41. The van der Waals surface area contributed by atoms with Crippen LogP contribution in [-0.4, -0.2) is 12.6 Å². The molecule has 0 saturated heterocycles. The predicted octanol–water partition coefficient (Wildman–Crippen LogP) is 3.24. The molecule has 0 aliphatic carbocycles. The van der Waals surface area contributed by atoms with E-state index in [4.69, 9.17) is 16.3 Å². The van der Waals surface area contributed by atoms with Gasteiger partial charge >= 0.3 is 5.97 Å². The zero-order valence-corrected chi connectivity index (χ0v) is 10.0. The normalized spacial score (nSPS) is 11.4. The van der Waals surface area contributed by atoms with Crippen molar-refractivity contribution >= 4 is 28.9 Å². The van der Waals surface area contributed by atoms with Crippen LogP contribution in [0.2, 0.25) is 4.34 Å². The molecule has 0 atom stereocenters. The van der Waals surface area contributed by atoms with Crippen LogP contribution in [0.25, 0.3) is 0 Å². The number of esters is 1. The van der Waals surface area contributed by atoms with Crippen molar-refractivity contribution in [3.05, 3.63) is 21.3 Å². The predicted molar refractivity (Wildman–Crippen MR) is 59.0 cm³/mol. The molecule has 78 valence electrons. The van der Waals surface area contributed by atoms with E-state index in [1.807, 2.05) is 19.9 Å². The number of hydrogen-bond acceptors (Lipinski definition) is 3. The molecule has 14 heavy (non-hydrogen) atoms. The lowest BCUT2D eigenvalue weighted by molar-refractivity contribution is -0.148. The first-order chi connectivity index (χ1) is 6.48. The Morgan fingerprint density at radius 1 is 1.57 bits per heavy atom. The van der Waals surface area contributed by atoms with Crippen molar-refractivity contribution in [2.75, 3.05) is 6.61 Å². The summed E-state index contributed by atoms with van der Waals surface area (Å²) in [6.45, 7) is 5.89. The van der Waals surface area contributed by atoms with Crippen molar-refractivity contribution in [1.29, 1.82) is 0 Å². The molecule has 0 radical (unpaired) electrons. The molecule has 0 saturated carbocycles. The van der Waals surface area contributed by atoms with Crippen LogP contribution in [0.15, 0.2) is 12.1 Å². The van der Waals surface area contributed by atoms with Gasteiger partial charge in [0.1, 0.15) is 0 Å². The second-order valence-electron chi connectivity index (χ2n) is 3.45. The van der Waals surface area contributed by atoms with Crippen LogP contribution in [0, 0.1) is 0 Å². The molecule has 0 aromatic carbocycles. The first kappa shape index (κ1) is 11.5. The lowest BCUT2D eigenvalue weighted by atomic mass is 9.92. The van der Waals surface area contributed by atoms with Crippen molar-refractivity contribution in [2.45, 2.75) is 26.2 Å². The number of thiophene rings is 1. The molecule has 4 heteroatoms. The summed E-state index contributed by atoms with van der Waals surface area (Å²) in [4.78, 5) is 12.5. The van der Waals surface area contributed by atoms with Crippen LogP contribution in [0.4, 0.5) is 0 Å². The van der Waals surface area contributed by atoms with E-state index in [9.17, 15) is 4.79 Å². The largest absolute Gasteiger partial charge is 0.465 e.